The molecule has 20 heteroatoms. The second-order valence-electron chi connectivity index (χ2n) is 44.8. The van der Waals surface area contributed by atoms with E-state index in [4.69, 9.17) is 91.8 Å². The van der Waals surface area contributed by atoms with E-state index in [1.807, 2.05) is 122 Å². The molecule has 0 atom stereocenters. The lowest BCUT2D eigenvalue weighted by Gasteiger charge is -2.32. The Hall–Kier alpha value is -12.4. The van der Waals surface area contributed by atoms with Crippen molar-refractivity contribution >= 4 is 236 Å². The summed E-state index contributed by atoms with van der Waals surface area (Å²) in [6, 6.07) is 94.9. The Kier molecular flexibility index (Phi) is 22.2. The topological polar surface area (TPSA) is 152 Å². The van der Waals surface area contributed by atoms with Crippen molar-refractivity contribution in [3.63, 3.8) is 0 Å². The van der Waals surface area contributed by atoms with Gasteiger partial charge in [-0.3, -0.25) is 4.98 Å². The summed E-state index contributed by atoms with van der Waals surface area (Å²) in [4.78, 5) is 8.26. The van der Waals surface area contributed by atoms with Crippen molar-refractivity contribution in [2.75, 3.05) is 0 Å². The molecule has 146 heavy (non-hydrogen) atoms. The van der Waals surface area contributed by atoms with E-state index < -0.39 is 87.9 Å². The minimum atomic E-state index is -2.50. The molecule has 0 saturated carbocycles. The van der Waals surface area contributed by atoms with Gasteiger partial charge in [0, 0.05) is 107 Å². The summed E-state index contributed by atoms with van der Waals surface area (Å²) in [6.45, 7) is 38.3. The summed E-state index contributed by atoms with van der Waals surface area (Å²) in [6.07, 6.45) is -1.30. The lowest BCUT2D eigenvalue weighted by molar-refractivity contribution is 0.00578. The van der Waals surface area contributed by atoms with Crippen LogP contribution in [-0.2, 0) is 50.0 Å². The number of hydrogen-bond acceptors (Lipinski definition) is 14. The maximum absolute atomic E-state index is 8.88. The Labute approximate surface area is 879 Å². The summed E-state index contributed by atoms with van der Waals surface area (Å²) in [7, 11) is -1.86. The van der Waals surface area contributed by atoms with Gasteiger partial charge in [-0.25, -0.2) is 4.98 Å². The standard InChI is InChI=1S/C31H27NO.2C26H23BO3.C20H11ClO.C12H24B2O4.C11H16ClN/c1-19-18-32-26(16-22(19)17-31(2,3)4)24-10-7-11-25-29-27(33-30(24)25)15-14-21-13-12-20-8-5-6-9-23(20)28(21)29;2*1-25(2)26(3,4)30-27(29-25)20-11-7-10-19-23-21(28-24(19)20)15-14-17-13-12-16-8-5-6-9-18(16)22(17)23;21-16-7-3-6-15-19-17(22-20(15)16)11-10-13-9-8-12-4-1-2-5-14(12)18(13)19;1-9(2)10(3,4)16-13(15-9)14-17-11(5,6)12(7,8)18-14;1-8-7-13-10(12)5-9(8)6-11(2,3)4/h5-16,18H,17H2,1-4H3;2*5-15H,1-4H3;1-11H;1-8H3;5,7H,6H2,1-4H3/i1D3,17D2;;;;;1D3,6D2. The molecule has 0 amide bonds. The van der Waals surface area contributed by atoms with Crippen LogP contribution in [0.25, 0.3) is 185 Å². The van der Waals surface area contributed by atoms with E-state index in [0.29, 0.717) is 21.9 Å². The number of aromatic nitrogens is 2. The van der Waals surface area contributed by atoms with Crippen LogP contribution in [0.15, 0.2) is 309 Å². The van der Waals surface area contributed by atoms with Gasteiger partial charge in [0.2, 0.25) is 0 Å². The number of rotatable bonds is 6. The fraction of sp³-hybridized carbons (Fsp3) is 0.286. The molecule has 0 bridgehead atoms. The van der Waals surface area contributed by atoms with Gasteiger partial charge in [0.15, 0.2) is 5.58 Å². The zero-order chi connectivity index (χ0) is 111. The molecule has 0 aliphatic carbocycles. The molecule has 736 valence electrons. The highest BCUT2D eigenvalue weighted by atomic mass is 35.5. The quantitative estimate of drug-likeness (QED) is 0.0881. The first-order valence-corrected chi connectivity index (χ1v) is 50.7. The van der Waals surface area contributed by atoms with Crippen LogP contribution in [0.2, 0.25) is 10.2 Å². The monoisotopic (exact) mass is 1980 g/mol. The van der Waals surface area contributed by atoms with E-state index in [1.54, 1.807) is 47.6 Å². The number of para-hydroxylation sites is 4. The number of aryl methyl sites for hydroxylation is 2. The van der Waals surface area contributed by atoms with Gasteiger partial charge in [0.1, 0.15) is 44.2 Å². The minimum absolute atomic E-state index is 0.0737. The normalized spacial score (nSPS) is 18.4. The van der Waals surface area contributed by atoms with Crippen LogP contribution in [0.1, 0.15) is 188 Å². The van der Waals surface area contributed by atoms with Crippen LogP contribution in [0.3, 0.4) is 0 Å². The van der Waals surface area contributed by atoms with Crippen LogP contribution >= 0.6 is 23.2 Å². The third kappa shape index (κ3) is 18.2. The third-order valence-corrected chi connectivity index (χ3v) is 30.8. The molecule has 0 N–H and O–H groups in total. The van der Waals surface area contributed by atoms with E-state index in [2.05, 4.69) is 266 Å². The van der Waals surface area contributed by atoms with Crippen molar-refractivity contribution in [1.29, 1.82) is 0 Å². The molecule has 10 heterocycles. The van der Waals surface area contributed by atoms with E-state index in [0.717, 1.165) is 121 Å². The number of hydrogen-bond donors (Lipinski definition) is 0. The highest BCUT2D eigenvalue weighted by Gasteiger charge is 2.64. The highest BCUT2D eigenvalue weighted by molar-refractivity contribution is 7.11. The fourth-order valence-corrected chi connectivity index (χ4v) is 20.5. The molecule has 4 aliphatic rings. The van der Waals surface area contributed by atoms with Crippen LogP contribution in [-0.4, -0.2) is 83.0 Å². The first-order valence-electron chi connectivity index (χ1n) is 55.0. The Morgan fingerprint density at radius 2 is 0.555 bits per heavy atom. The van der Waals surface area contributed by atoms with Crippen LogP contribution in [0.4, 0.5) is 0 Å². The second-order valence-corrected chi connectivity index (χ2v) is 45.6. The van der Waals surface area contributed by atoms with E-state index in [9.17, 15) is 0 Å². The molecule has 16 aromatic carbocycles. The average molecular weight is 1980 g/mol. The van der Waals surface area contributed by atoms with Crippen molar-refractivity contribution in [2.24, 2.45) is 10.8 Å². The molecule has 4 fully saturated rings. The molecular formula is C126H124B4Cl2N2O12. The zero-order valence-electron chi connectivity index (χ0n) is 96.6. The largest absolute Gasteiger partial charge is 0.498 e. The van der Waals surface area contributed by atoms with Crippen molar-refractivity contribution in [1.82, 2.24) is 9.97 Å². The second kappa shape index (κ2) is 36.9. The van der Waals surface area contributed by atoms with Crippen molar-refractivity contribution in [3.05, 3.63) is 324 Å². The van der Waals surface area contributed by atoms with Gasteiger partial charge in [-0.15, -0.1) is 0 Å². The summed E-state index contributed by atoms with van der Waals surface area (Å²) in [5.74, 6) is 0. The Morgan fingerprint density at radius 3 is 0.904 bits per heavy atom. The number of halogens is 2. The molecule has 22 aromatic rings. The van der Waals surface area contributed by atoms with Gasteiger partial charge in [-0.05, 0) is 283 Å². The highest BCUT2D eigenvalue weighted by Crippen LogP contribution is 2.50. The Balaban J connectivity index is 0.000000111. The van der Waals surface area contributed by atoms with Gasteiger partial charge in [0.25, 0.3) is 0 Å². The number of fused-ring (bicyclic) bond motifs is 28. The van der Waals surface area contributed by atoms with E-state index in [1.165, 1.54) is 76.9 Å². The molecule has 4 aliphatic heterocycles. The summed E-state index contributed by atoms with van der Waals surface area (Å²) >= 11 is 12.1. The summed E-state index contributed by atoms with van der Waals surface area (Å²) in [5.41, 5.74) is 4.96. The first-order chi connectivity index (χ1) is 73.2. The Bertz CT molecular complexity index is 9110. The van der Waals surface area contributed by atoms with Crippen molar-refractivity contribution in [2.45, 2.75) is 224 Å². The first kappa shape index (κ1) is 87.8. The van der Waals surface area contributed by atoms with Gasteiger partial charge >= 0.3 is 28.3 Å². The molecule has 0 unspecified atom stereocenters. The smallest absolute Gasteiger partial charge is 0.456 e. The summed E-state index contributed by atoms with van der Waals surface area (Å²) < 4.78 is 155. The van der Waals surface area contributed by atoms with E-state index >= 15 is 0 Å². The van der Waals surface area contributed by atoms with Gasteiger partial charge < -0.3 is 54.9 Å². The lowest BCUT2D eigenvalue weighted by atomic mass is 9.49. The SMILES string of the molecule is CC1(C)OB(B2OC(C)(C)C(C)(C)O2)OC1(C)C.CC1(C)OB(c2cccc3c2oc2ccc4ccc5ccccc5c4c23)OC1(C)C.CC1(C)OB(c2cccc3c2oc2ccc4ccc5ccccc5c4c23)OC1(C)C.Clc1cccc2c1oc1ccc3ccc4ccccc4c3c12.[2H]C([2H])([2H])c1cnc(-c2cccc3c2oc2ccc4ccc5ccccc5c4c23)cc1C([2H])([2H])C(C)(C)C.[2H]C([2H])([2H])c1cnc(Cl)cc1C([2H])([2H])C(C)(C)C. The molecule has 0 spiro atoms. The van der Waals surface area contributed by atoms with Gasteiger partial charge in [0.05, 0.1) is 55.5 Å². The number of furan rings is 4. The molecular weight excluding hydrogens is 1850 g/mol. The zero-order valence-corrected chi connectivity index (χ0v) is 88.1. The number of benzene rings is 16. The number of nitrogens with zero attached hydrogens (tertiary/aromatic N) is 2. The third-order valence-electron chi connectivity index (χ3n) is 30.3. The predicted molar refractivity (Wildman–Crippen MR) is 612 cm³/mol. The average Bonchev–Trinajstić information content (AvgIpc) is 1.57. The van der Waals surface area contributed by atoms with Gasteiger partial charge in [-0.2, -0.15) is 0 Å². The van der Waals surface area contributed by atoms with E-state index in [-0.39, 0.29) is 49.8 Å². The predicted octanol–water partition coefficient (Wildman–Crippen LogP) is 33.7. The molecule has 14 nitrogen and oxygen atoms in total. The van der Waals surface area contributed by atoms with Gasteiger partial charge in [-0.1, -0.05) is 295 Å². The lowest BCUT2D eigenvalue weighted by Crippen LogP contribution is -2.41. The molecule has 6 aromatic heterocycles. The van der Waals surface area contributed by atoms with Crippen molar-refractivity contribution in [3.8, 4) is 11.3 Å². The minimum Gasteiger partial charge on any atom is -0.456 e. The fourth-order valence-electron chi connectivity index (χ4n) is 20.1. The molecule has 4 saturated heterocycles. The van der Waals surface area contributed by atoms with Crippen LogP contribution in [0.5, 0.6) is 0 Å². The molecule has 0 radical (unpaired) electrons. The van der Waals surface area contributed by atoms with Crippen LogP contribution in [0, 0.1) is 24.5 Å². The number of pyridine rings is 2. The summed E-state index contributed by atoms with van der Waals surface area (Å²) in [5, 5.41) is 28.7. The maximum Gasteiger partial charge on any atom is 0.498 e. The van der Waals surface area contributed by atoms with Crippen molar-refractivity contribution < 1.29 is 68.6 Å². The van der Waals surface area contributed by atoms with Crippen LogP contribution < -0.4 is 10.9 Å². The molecule has 26 rings (SSSR count). The Morgan fingerprint density at radius 1 is 0.281 bits per heavy atom. The maximum atomic E-state index is 8.88.